The molecule has 240 valence electrons. The van der Waals surface area contributed by atoms with E-state index in [2.05, 4.69) is 64.8 Å². The Balaban J connectivity index is 0.000000232. The number of benzene rings is 1. The fraction of sp³-hybridized carbons (Fsp3) is 0.543. The third-order valence-electron chi connectivity index (χ3n) is 7.34. The van der Waals surface area contributed by atoms with Crippen molar-refractivity contribution < 1.29 is 4.74 Å². The molecular weight excluding hydrogens is 550 g/mol. The number of likely N-dealkylation sites (N-methyl/N-ethyl adjacent to an activating group) is 1. The van der Waals surface area contributed by atoms with Crippen molar-refractivity contribution in [1.82, 2.24) is 34.5 Å². The molecule has 4 aromatic rings. The Morgan fingerprint density at radius 1 is 1.05 bits per heavy atom. The van der Waals surface area contributed by atoms with Gasteiger partial charge in [0.05, 0.1) is 23.6 Å². The zero-order chi connectivity index (χ0) is 31.9. The minimum Gasteiger partial charge on any atom is -0.493 e. The number of rotatable bonds is 10. The van der Waals surface area contributed by atoms with Gasteiger partial charge >= 0.3 is 0 Å². The van der Waals surface area contributed by atoms with Gasteiger partial charge in [-0.05, 0) is 77.5 Å². The number of aromatic amines is 1. The van der Waals surface area contributed by atoms with Crippen LogP contribution in [-0.4, -0.2) is 74.4 Å². The van der Waals surface area contributed by atoms with Crippen LogP contribution in [0.1, 0.15) is 76.8 Å². The first-order chi connectivity index (χ1) is 21.3. The van der Waals surface area contributed by atoms with E-state index in [1.165, 1.54) is 45.3 Å². The molecule has 9 nitrogen and oxygen atoms in total. The maximum absolute atomic E-state index is 12.6. The summed E-state index contributed by atoms with van der Waals surface area (Å²) >= 11 is 0. The van der Waals surface area contributed by atoms with Crippen molar-refractivity contribution in [3.8, 4) is 17.1 Å². The van der Waals surface area contributed by atoms with E-state index in [-0.39, 0.29) is 5.56 Å². The summed E-state index contributed by atoms with van der Waals surface area (Å²) < 4.78 is 7.31. The summed E-state index contributed by atoms with van der Waals surface area (Å²) in [6, 6.07) is 12.0. The molecule has 4 heterocycles. The van der Waals surface area contributed by atoms with Crippen molar-refractivity contribution in [2.45, 2.75) is 79.7 Å². The van der Waals surface area contributed by atoms with Crippen LogP contribution >= 0.6 is 0 Å². The van der Waals surface area contributed by atoms with Crippen molar-refractivity contribution >= 4 is 11.0 Å². The summed E-state index contributed by atoms with van der Waals surface area (Å²) in [4.78, 5) is 29.5. The molecule has 0 bridgehead atoms. The smallest absolute Gasteiger partial charge is 0.277 e. The molecule has 5 rings (SSSR count). The predicted molar refractivity (Wildman–Crippen MR) is 181 cm³/mol. The van der Waals surface area contributed by atoms with Crippen molar-refractivity contribution in [1.29, 1.82) is 0 Å². The standard InChI is InChI=1S/C18H22N4O2.C14H23N3.C3H8/c1-5-7-13-15-16(22(4)21-13)18(23)20-17(19-15)12-10-11(3)8-9-14(12)24-6-2;1-16(13-14-7-3-4-8-15-14)11-12-17-9-5-2-6-10-17;1-3-2/h8-10H,5-7H2,1-4H3,(H,19,20,23);3-4,7-8H,2,5-6,9-13H2,1H3;3H2,1-2H3. The highest BCUT2D eigenvalue weighted by Gasteiger charge is 2.17. The van der Waals surface area contributed by atoms with Crippen LogP contribution < -0.4 is 10.3 Å². The Kier molecular flexibility index (Phi) is 14.5. The average molecular weight is 604 g/mol. The zero-order valence-corrected chi connectivity index (χ0v) is 28.0. The number of nitrogens with one attached hydrogen (secondary N) is 1. The molecule has 0 spiro atoms. The maximum Gasteiger partial charge on any atom is 0.277 e. The molecule has 1 aliphatic heterocycles. The molecule has 9 heteroatoms. The summed E-state index contributed by atoms with van der Waals surface area (Å²) in [7, 11) is 3.95. The highest BCUT2D eigenvalue weighted by Crippen LogP contribution is 2.29. The fourth-order valence-electron chi connectivity index (χ4n) is 5.23. The van der Waals surface area contributed by atoms with Gasteiger partial charge in [-0.1, -0.05) is 57.7 Å². The number of H-pyrrole nitrogens is 1. The van der Waals surface area contributed by atoms with Crippen LogP contribution in [0.2, 0.25) is 0 Å². The number of hydrogen-bond acceptors (Lipinski definition) is 7. The Labute approximate surface area is 263 Å². The van der Waals surface area contributed by atoms with E-state index in [1.54, 1.807) is 11.7 Å². The topological polar surface area (TPSA) is 92.2 Å². The van der Waals surface area contributed by atoms with Crippen LogP contribution in [0.5, 0.6) is 5.75 Å². The second-order valence-electron chi connectivity index (χ2n) is 11.5. The number of piperidine rings is 1. The number of aromatic nitrogens is 5. The first-order valence-electron chi connectivity index (χ1n) is 16.3. The predicted octanol–water partition coefficient (Wildman–Crippen LogP) is 6.40. The third kappa shape index (κ3) is 10.3. The molecule has 0 aliphatic carbocycles. The highest BCUT2D eigenvalue weighted by molar-refractivity contribution is 5.79. The van der Waals surface area contributed by atoms with Crippen LogP contribution in [0.15, 0.2) is 47.4 Å². The van der Waals surface area contributed by atoms with Gasteiger partial charge in [-0.25, -0.2) is 4.98 Å². The molecule has 0 unspecified atom stereocenters. The molecule has 3 aromatic heterocycles. The maximum atomic E-state index is 12.6. The zero-order valence-electron chi connectivity index (χ0n) is 28.0. The number of fused-ring (bicyclic) bond motifs is 1. The molecule has 1 saturated heterocycles. The van der Waals surface area contributed by atoms with Crippen LogP contribution in [0.3, 0.4) is 0 Å². The quantitative estimate of drug-likeness (QED) is 0.224. The average Bonchev–Trinajstić information content (AvgIpc) is 3.34. The number of aryl methyl sites for hydroxylation is 3. The van der Waals surface area contributed by atoms with Gasteiger partial charge in [0.2, 0.25) is 0 Å². The van der Waals surface area contributed by atoms with Gasteiger partial charge in [-0.15, -0.1) is 0 Å². The lowest BCUT2D eigenvalue weighted by molar-refractivity contribution is 0.193. The van der Waals surface area contributed by atoms with Gasteiger partial charge in [0.25, 0.3) is 5.56 Å². The van der Waals surface area contributed by atoms with Crippen molar-refractivity contribution in [2.75, 3.05) is 39.8 Å². The summed E-state index contributed by atoms with van der Waals surface area (Å²) in [5, 5.41) is 4.45. The second kappa shape index (κ2) is 18.3. The molecular formula is C35H53N7O2. The molecule has 44 heavy (non-hydrogen) atoms. The number of pyridine rings is 1. The van der Waals surface area contributed by atoms with E-state index in [0.717, 1.165) is 48.4 Å². The summed E-state index contributed by atoms with van der Waals surface area (Å²) in [5.41, 5.74) is 4.88. The van der Waals surface area contributed by atoms with Crippen molar-refractivity contribution in [3.05, 3.63) is 69.9 Å². The molecule has 0 atom stereocenters. The van der Waals surface area contributed by atoms with Crippen LogP contribution in [0, 0.1) is 6.92 Å². The van der Waals surface area contributed by atoms with Crippen LogP contribution in [-0.2, 0) is 20.0 Å². The van der Waals surface area contributed by atoms with Gasteiger partial charge in [0, 0.05) is 32.9 Å². The van der Waals surface area contributed by atoms with Gasteiger partial charge in [-0.2, -0.15) is 5.10 Å². The van der Waals surface area contributed by atoms with E-state index in [9.17, 15) is 4.79 Å². The Bertz CT molecular complexity index is 1460. The van der Waals surface area contributed by atoms with Gasteiger partial charge in [-0.3, -0.25) is 19.4 Å². The number of likely N-dealkylation sites (tertiary alicyclic amines) is 1. The fourth-order valence-corrected chi connectivity index (χ4v) is 5.23. The Morgan fingerprint density at radius 3 is 2.45 bits per heavy atom. The van der Waals surface area contributed by atoms with E-state index >= 15 is 0 Å². The largest absolute Gasteiger partial charge is 0.493 e. The first-order valence-corrected chi connectivity index (χ1v) is 16.3. The monoisotopic (exact) mass is 603 g/mol. The normalized spacial score (nSPS) is 13.3. The molecule has 0 radical (unpaired) electrons. The summed E-state index contributed by atoms with van der Waals surface area (Å²) in [6.07, 6.45) is 9.03. The van der Waals surface area contributed by atoms with E-state index in [4.69, 9.17) is 9.72 Å². The van der Waals surface area contributed by atoms with Gasteiger partial charge < -0.3 is 14.6 Å². The minimum absolute atomic E-state index is 0.184. The molecule has 1 aliphatic rings. The Hall–Kier alpha value is -3.56. The lowest BCUT2D eigenvalue weighted by Gasteiger charge is -2.28. The summed E-state index contributed by atoms with van der Waals surface area (Å²) in [6.45, 7) is 16.7. The second-order valence-corrected chi connectivity index (χ2v) is 11.5. The lowest BCUT2D eigenvalue weighted by atomic mass is 10.1. The number of nitrogens with zero attached hydrogens (tertiary/aromatic N) is 6. The summed E-state index contributed by atoms with van der Waals surface area (Å²) in [5.74, 6) is 1.23. The third-order valence-corrected chi connectivity index (χ3v) is 7.34. The van der Waals surface area contributed by atoms with E-state index < -0.39 is 0 Å². The van der Waals surface area contributed by atoms with Crippen molar-refractivity contribution in [3.63, 3.8) is 0 Å². The first kappa shape index (κ1) is 34.9. The van der Waals surface area contributed by atoms with Crippen molar-refractivity contribution in [2.24, 2.45) is 7.05 Å². The lowest BCUT2D eigenvalue weighted by Crippen LogP contribution is -2.36. The highest BCUT2D eigenvalue weighted by atomic mass is 16.5. The van der Waals surface area contributed by atoms with E-state index in [0.29, 0.717) is 29.2 Å². The SMILES string of the molecule is CCC.CCCc1nn(C)c2c(=O)[nH]c(-c3cc(C)ccc3OCC)nc12.CN(CCN1CCCCC1)Cc1ccccn1. The minimum atomic E-state index is -0.184. The van der Waals surface area contributed by atoms with Gasteiger partial charge in [0.1, 0.15) is 17.1 Å². The van der Waals surface area contributed by atoms with E-state index in [1.807, 2.05) is 44.3 Å². The number of ether oxygens (including phenoxy) is 1. The molecule has 0 saturated carbocycles. The van der Waals surface area contributed by atoms with Crippen LogP contribution in [0.4, 0.5) is 0 Å². The molecule has 1 N–H and O–H groups in total. The molecule has 0 amide bonds. The van der Waals surface area contributed by atoms with Crippen LogP contribution in [0.25, 0.3) is 22.4 Å². The number of hydrogen-bond donors (Lipinski definition) is 1. The molecule has 1 aromatic carbocycles. The Morgan fingerprint density at radius 2 is 1.80 bits per heavy atom. The van der Waals surface area contributed by atoms with Gasteiger partial charge in [0.15, 0.2) is 5.52 Å². The molecule has 1 fully saturated rings.